The quantitative estimate of drug-likeness (QED) is 0.449. The van der Waals surface area contributed by atoms with Gasteiger partial charge in [-0.25, -0.2) is 0 Å². The van der Waals surface area contributed by atoms with Gasteiger partial charge in [-0.2, -0.15) is 0 Å². The summed E-state index contributed by atoms with van der Waals surface area (Å²) < 4.78 is 0. The summed E-state index contributed by atoms with van der Waals surface area (Å²) in [7, 11) is 0. The fraction of sp³-hybridized carbons (Fsp3) is 0.781. The van der Waals surface area contributed by atoms with Crippen molar-refractivity contribution >= 4 is 5.97 Å². The van der Waals surface area contributed by atoms with Crippen molar-refractivity contribution in [1.82, 2.24) is 0 Å². The maximum absolute atomic E-state index is 11.7. The number of rotatable bonds is 5. The molecule has 4 rings (SSSR count). The summed E-state index contributed by atoms with van der Waals surface area (Å²) >= 11 is 0. The summed E-state index contributed by atoms with van der Waals surface area (Å²) in [6.07, 6.45) is 18.7. The van der Waals surface area contributed by atoms with Gasteiger partial charge in [0.2, 0.25) is 0 Å². The molecule has 36 heavy (non-hydrogen) atoms. The molecule has 11 atom stereocenters. The minimum atomic E-state index is -0.683. The standard InChI is InChI=1S/C26H44O4.C6H2/c1-5-17-21-14-16(27)10-12-26(21,4)20-11-13-25(3)18(15(2)6-9-22(28)29)7-8-19(25)23(20)24(17)30;1-3-5-6-4-2/h15-21,23-24,27,30H,5-14H2,1-4H3,(H,28,29);1-2H/t15-,16-,17-,18-,19?,20?,21+,23?,24-,25-,26-;/m1./s1. The molecular formula is C32H46O4. The Morgan fingerprint density at radius 1 is 0.972 bits per heavy atom. The molecule has 3 N–H and O–H groups in total. The third kappa shape index (κ3) is 5.21. The minimum Gasteiger partial charge on any atom is -0.481 e. The van der Waals surface area contributed by atoms with Crippen LogP contribution in [0.5, 0.6) is 0 Å². The number of hydrogen-bond donors (Lipinski definition) is 3. The van der Waals surface area contributed by atoms with Crippen LogP contribution in [0.15, 0.2) is 0 Å². The first-order chi connectivity index (χ1) is 17.0. The van der Waals surface area contributed by atoms with Gasteiger partial charge < -0.3 is 15.3 Å². The topological polar surface area (TPSA) is 77.8 Å². The molecule has 4 heteroatoms. The molecule has 0 radical (unpaired) electrons. The number of fused-ring (bicyclic) bond motifs is 5. The van der Waals surface area contributed by atoms with Gasteiger partial charge in [0.15, 0.2) is 0 Å². The SMILES string of the molecule is C#CC#CC#C.CC[C@H]1[C@@H](O)C2C3CC[C@H]([C@H](C)CCC(=O)O)[C@@]3(C)CCC2[C@@]2(C)CC[C@@H](O)C[C@@H]12. The number of carbonyl (C=O) groups is 1. The molecule has 0 aliphatic heterocycles. The monoisotopic (exact) mass is 494 g/mol. The largest absolute Gasteiger partial charge is 0.481 e. The summed E-state index contributed by atoms with van der Waals surface area (Å²) in [6, 6.07) is 0. The number of aliphatic hydroxyl groups is 2. The highest BCUT2D eigenvalue weighted by Crippen LogP contribution is 2.69. The van der Waals surface area contributed by atoms with Crippen LogP contribution in [-0.2, 0) is 4.79 Å². The van der Waals surface area contributed by atoms with E-state index in [9.17, 15) is 15.0 Å². The van der Waals surface area contributed by atoms with E-state index in [1.807, 2.05) is 0 Å². The normalized spacial score (nSPS) is 43.4. The first-order valence-electron chi connectivity index (χ1n) is 14.0. The van der Waals surface area contributed by atoms with Crippen LogP contribution >= 0.6 is 0 Å². The highest BCUT2D eigenvalue weighted by Gasteiger charge is 2.64. The zero-order valence-electron chi connectivity index (χ0n) is 22.7. The number of terminal acetylenes is 2. The molecule has 0 spiro atoms. The number of carboxylic acid groups (broad SMARTS) is 1. The highest BCUT2D eigenvalue weighted by molar-refractivity contribution is 5.66. The molecule has 3 unspecified atom stereocenters. The Balaban J connectivity index is 0.000000538. The van der Waals surface area contributed by atoms with Gasteiger partial charge in [-0.05, 0) is 127 Å². The van der Waals surface area contributed by atoms with E-state index in [0.717, 1.165) is 32.1 Å². The molecule has 4 aliphatic rings. The van der Waals surface area contributed by atoms with Crippen molar-refractivity contribution in [3.8, 4) is 36.5 Å². The van der Waals surface area contributed by atoms with Gasteiger partial charge >= 0.3 is 5.97 Å². The summed E-state index contributed by atoms with van der Waals surface area (Å²) in [4.78, 5) is 11.1. The lowest BCUT2D eigenvalue weighted by molar-refractivity contribution is -0.203. The van der Waals surface area contributed by atoms with Crippen LogP contribution in [0.3, 0.4) is 0 Å². The third-order valence-electron chi connectivity index (χ3n) is 11.2. The van der Waals surface area contributed by atoms with E-state index in [2.05, 4.69) is 51.4 Å². The van der Waals surface area contributed by atoms with Gasteiger partial charge in [-0.3, -0.25) is 4.79 Å². The average Bonchev–Trinajstić information content (AvgIpc) is 3.20. The smallest absolute Gasteiger partial charge is 0.303 e. The Kier molecular flexibility index (Phi) is 9.25. The molecular weight excluding hydrogens is 448 g/mol. The second-order valence-corrected chi connectivity index (χ2v) is 12.6. The molecule has 4 aliphatic carbocycles. The molecule has 198 valence electrons. The van der Waals surface area contributed by atoms with Crippen molar-refractivity contribution in [3.63, 3.8) is 0 Å². The zero-order chi connectivity index (χ0) is 26.7. The summed E-state index contributed by atoms with van der Waals surface area (Å²) in [5, 5.41) is 31.3. The second kappa shape index (κ2) is 11.6. The van der Waals surface area contributed by atoms with E-state index in [1.165, 1.54) is 25.7 Å². The van der Waals surface area contributed by atoms with Crippen LogP contribution < -0.4 is 0 Å². The molecule has 4 saturated carbocycles. The lowest BCUT2D eigenvalue weighted by atomic mass is 9.41. The zero-order valence-corrected chi connectivity index (χ0v) is 22.7. The number of aliphatic hydroxyl groups excluding tert-OH is 2. The number of carboxylic acids is 1. The Hall–Kier alpha value is -1.93. The van der Waals surface area contributed by atoms with Gasteiger partial charge in [0, 0.05) is 6.42 Å². The Labute approximate surface area is 219 Å². The molecule has 4 nitrogen and oxygen atoms in total. The van der Waals surface area contributed by atoms with E-state index in [0.29, 0.717) is 41.4 Å². The van der Waals surface area contributed by atoms with Gasteiger partial charge in [0.05, 0.1) is 12.2 Å². The maximum Gasteiger partial charge on any atom is 0.303 e. The number of aliphatic carboxylic acids is 1. The fourth-order valence-corrected chi connectivity index (χ4v) is 9.56. The lowest BCUT2D eigenvalue weighted by Crippen LogP contribution is -2.62. The van der Waals surface area contributed by atoms with E-state index in [-0.39, 0.29) is 29.5 Å². The lowest BCUT2D eigenvalue weighted by Gasteiger charge is -2.64. The van der Waals surface area contributed by atoms with Crippen LogP contribution in [0.2, 0.25) is 0 Å². The van der Waals surface area contributed by atoms with Crippen molar-refractivity contribution in [2.45, 2.75) is 104 Å². The van der Waals surface area contributed by atoms with E-state index in [1.54, 1.807) is 0 Å². The molecule has 0 aromatic carbocycles. The first kappa shape index (κ1) is 28.6. The molecule has 0 saturated heterocycles. The van der Waals surface area contributed by atoms with Crippen molar-refractivity contribution in [1.29, 1.82) is 0 Å². The van der Waals surface area contributed by atoms with Gasteiger partial charge in [0.1, 0.15) is 0 Å². The molecule has 4 fully saturated rings. The van der Waals surface area contributed by atoms with E-state index in [4.69, 9.17) is 18.0 Å². The predicted molar refractivity (Wildman–Crippen MR) is 143 cm³/mol. The molecule has 0 bridgehead atoms. The molecule has 0 heterocycles. The van der Waals surface area contributed by atoms with Crippen LogP contribution in [0.25, 0.3) is 0 Å². The predicted octanol–water partition coefficient (Wildman–Crippen LogP) is 5.37. The Morgan fingerprint density at radius 3 is 2.17 bits per heavy atom. The van der Waals surface area contributed by atoms with Gasteiger partial charge in [0.25, 0.3) is 0 Å². The average molecular weight is 495 g/mol. The highest BCUT2D eigenvalue weighted by atomic mass is 16.4. The minimum absolute atomic E-state index is 0.194. The molecule has 0 aromatic rings. The molecule has 0 aromatic heterocycles. The summed E-state index contributed by atoms with van der Waals surface area (Å²) in [6.45, 7) is 9.44. The van der Waals surface area contributed by atoms with Gasteiger partial charge in [-0.1, -0.05) is 34.1 Å². The number of hydrogen-bond acceptors (Lipinski definition) is 3. The van der Waals surface area contributed by atoms with Gasteiger partial charge in [-0.15, -0.1) is 12.8 Å². The van der Waals surface area contributed by atoms with E-state index < -0.39 is 5.97 Å². The second-order valence-electron chi connectivity index (χ2n) is 12.6. The maximum atomic E-state index is 11.7. The Morgan fingerprint density at radius 2 is 1.58 bits per heavy atom. The van der Waals surface area contributed by atoms with Crippen molar-refractivity contribution in [2.75, 3.05) is 0 Å². The van der Waals surface area contributed by atoms with Crippen LogP contribution in [0.1, 0.15) is 91.9 Å². The van der Waals surface area contributed by atoms with Crippen molar-refractivity contribution in [3.05, 3.63) is 0 Å². The van der Waals surface area contributed by atoms with Crippen molar-refractivity contribution < 1.29 is 20.1 Å². The van der Waals surface area contributed by atoms with Crippen LogP contribution in [-0.4, -0.2) is 33.5 Å². The first-order valence-corrected chi connectivity index (χ1v) is 14.0. The summed E-state index contributed by atoms with van der Waals surface area (Å²) in [5.41, 5.74) is 0.480. The van der Waals surface area contributed by atoms with Crippen molar-refractivity contribution in [2.24, 2.45) is 52.3 Å². The van der Waals surface area contributed by atoms with E-state index >= 15 is 0 Å². The third-order valence-corrected chi connectivity index (χ3v) is 11.2. The molecule has 0 amide bonds. The van der Waals surface area contributed by atoms with Crippen LogP contribution in [0.4, 0.5) is 0 Å². The Bertz CT molecular complexity index is 913. The fourth-order valence-electron chi connectivity index (χ4n) is 9.56. The summed E-state index contributed by atoms with van der Waals surface area (Å²) in [5.74, 6) is 11.2. The van der Waals surface area contributed by atoms with Crippen LogP contribution in [0, 0.1) is 88.8 Å².